The fourth-order valence-electron chi connectivity index (χ4n) is 3.10. The number of rotatable bonds is 9. The van der Waals surface area contributed by atoms with Gasteiger partial charge in [0.1, 0.15) is 6.04 Å². The SMILES string of the molecule is CC[C@H](C(=O)NCC(C)C)N(Cc1ccc(C)cc1)C(=O)Cc1ccccc1. The number of amides is 2. The molecular weight excluding hydrogens is 348 g/mol. The Hall–Kier alpha value is -2.62. The molecule has 0 aliphatic heterocycles. The molecule has 28 heavy (non-hydrogen) atoms. The molecule has 0 radical (unpaired) electrons. The van der Waals surface area contributed by atoms with E-state index in [4.69, 9.17) is 0 Å². The Morgan fingerprint density at radius 1 is 0.964 bits per heavy atom. The molecule has 2 aromatic carbocycles. The normalized spacial score (nSPS) is 11.9. The first-order valence-corrected chi connectivity index (χ1v) is 10.1. The minimum absolute atomic E-state index is 0.0293. The molecule has 2 aromatic rings. The van der Waals surface area contributed by atoms with Gasteiger partial charge in [0.15, 0.2) is 0 Å². The van der Waals surface area contributed by atoms with Gasteiger partial charge in [0, 0.05) is 13.1 Å². The zero-order valence-electron chi connectivity index (χ0n) is 17.4. The number of carbonyl (C=O) groups is 2. The van der Waals surface area contributed by atoms with Crippen molar-refractivity contribution in [2.75, 3.05) is 6.54 Å². The highest BCUT2D eigenvalue weighted by Gasteiger charge is 2.28. The van der Waals surface area contributed by atoms with Crippen molar-refractivity contribution in [2.45, 2.75) is 53.1 Å². The van der Waals surface area contributed by atoms with E-state index < -0.39 is 6.04 Å². The third kappa shape index (κ3) is 6.52. The minimum atomic E-state index is -0.476. The van der Waals surface area contributed by atoms with Crippen molar-refractivity contribution in [1.29, 1.82) is 0 Å². The van der Waals surface area contributed by atoms with E-state index in [1.807, 2.05) is 68.4 Å². The van der Waals surface area contributed by atoms with Gasteiger partial charge in [-0.15, -0.1) is 0 Å². The summed E-state index contributed by atoms with van der Waals surface area (Å²) in [6.45, 7) is 9.16. The van der Waals surface area contributed by atoms with Gasteiger partial charge in [-0.3, -0.25) is 9.59 Å². The van der Waals surface area contributed by atoms with E-state index in [1.54, 1.807) is 4.90 Å². The van der Waals surface area contributed by atoms with Gasteiger partial charge < -0.3 is 10.2 Å². The van der Waals surface area contributed by atoms with Gasteiger partial charge in [0.2, 0.25) is 11.8 Å². The maximum atomic E-state index is 13.2. The van der Waals surface area contributed by atoms with Crippen molar-refractivity contribution >= 4 is 11.8 Å². The van der Waals surface area contributed by atoms with Crippen LogP contribution in [0.1, 0.15) is 43.9 Å². The Bertz CT molecular complexity index is 754. The van der Waals surface area contributed by atoms with E-state index in [9.17, 15) is 9.59 Å². The van der Waals surface area contributed by atoms with E-state index in [1.165, 1.54) is 5.56 Å². The lowest BCUT2D eigenvalue weighted by Crippen LogP contribution is -2.50. The minimum Gasteiger partial charge on any atom is -0.354 e. The average Bonchev–Trinajstić information content (AvgIpc) is 2.68. The zero-order chi connectivity index (χ0) is 20.5. The predicted molar refractivity (Wildman–Crippen MR) is 114 cm³/mol. The molecule has 0 unspecified atom stereocenters. The van der Waals surface area contributed by atoms with Crippen LogP contribution in [0.4, 0.5) is 0 Å². The summed E-state index contributed by atoms with van der Waals surface area (Å²) in [7, 11) is 0. The number of aryl methyl sites for hydroxylation is 1. The molecule has 0 heterocycles. The standard InChI is InChI=1S/C24H32N2O2/c1-5-22(24(28)25-16-18(2)3)26(17-21-13-11-19(4)12-14-21)23(27)15-20-9-7-6-8-10-20/h6-14,18,22H,5,15-17H2,1-4H3,(H,25,28)/t22-/m1/s1. The van der Waals surface area contributed by atoms with Gasteiger partial charge >= 0.3 is 0 Å². The smallest absolute Gasteiger partial charge is 0.242 e. The Balaban J connectivity index is 2.23. The van der Waals surface area contributed by atoms with E-state index in [0.717, 1.165) is 11.1 Å². The summed E-state index contributed by atoms with van der Waals surface area (Å²) in [5.41, 5.74) is 3.16. The lowest BCUT2D eigenvalue weighted by atomic mass is 10.1. The highest BCUT2D eigenvalue weighted by Crippen LogP contribution is 2.15. The van der Waals surface area contributed by atoms with Crippen LogP contribution in [0.2, 0.25) is 0 Å². The summed E-state index contributed by atoms with van der Waals surface area (Å²) in [5.74, 6) is 0.259. The van der Waals surface area contributed by atoms with Crippen molar-refractivity contribution in [3.8, 4) is 0 Å². The summed E-state index contributed by atoms with van der Waals surface area (Å²) in [5, 5.41) is 2.99. The first-order chi connectivity index (χ1) is 13.4. The van der Waals surface area contributed by atoms with Crippen LogP contribution in [0, 0.1) is 12.8 Å². The van der Waals surface area contributed by atoms with Crippen molar-refractivity contribution in [2.24, 2.45) is 5.92 Å². The molecule has 0 bridgehead atoms. The van der Waals surface area contributed by atoms with Gasteiger partial charge in [-0.05, 0) is 30.4 Å². The molecule has 0 fully saturated rings. The van der Waals surface area contributed by atoms with Gasteiger partial charge in [0.25, 0.3) is 0 Å². The van der Waals surface area contributed by atoms with Crippen LogP contribution in [0.5, 0.6) is 0 Å². The quantitative estimate of drug-likeness (QED) is 0.711. The number of carbonyl (C=O) groups excluding carboxylic acids is 2. The Kier molecular flexibility index (Phi) is 8.24. The Morgan fingerprint density at radius 3 is 2.18 bits per heavy atom. The predicted octanol–water partition coefficient (Wildman–Crippen LogP) is 4.12. The van der Waals surface area contributed by atoms with Crippen LogP contribution in [-0.2, 0) is 22.6 Å². The van der Waals surface area contributed by atoms with Crippen molar-refractivity contribution < 1.29 is 9.59 Å². The summed E-state index contributed by atoms with van der Waals surface area (Å²) >= 11 is 0. The highest BCUT2D eigenvalue weighted by atomic mass is 16.2. The van der Waals surface area contributed by atoms with Crippen LogP contribution in [0.25, 0.3) is 0 Å². The summed E-state index contributed by atoms with van der Waals surface area (Å²) < 4.78 is 0. The molecule has 0 aliphatic rings. The highest BCUT2D eigenvalue weighted by molar-refractivity contribution is 5.88. The average molecular weight is 381 g/mol. The molecule has 1 atom stereocenters. The number of hydrogen-bond acceptors (Lipinski definition) is 2. The second kappa shape index (κ2) is 10.6. The molecule has 0 saturated carbocycles. The number of benzene rings is 2. The van der Waals surface area contributed by atoms with Crippen molar-refractivity contribution in [3.05, 3.63) is 71.3 Å². The first kappa shape index (κ1) is 21.7. The fraction of sp³-hybridized carbons (Fsp3) is 0.417. The first-order valence-electron chi connectivity index (χ1n) is 10.1. The molecule has 4 nitrogen and oxygen atoms in total. The van der Waals surface area contributed by atoms with Crippen LogP contribution < -0.4 is 5.32 Å². The molecule has 1 N–H and O–H groups in total. The Morgan fingerprint density at radius 2 is 1.61 bits per heavy atom. The second-order valence-electron chi connectivity index (χ2n) is 7.73. The molecule has 0 spiro atoms. The lowest BCUT2D eigenvalue weighted by molar-refractivity contribution is -0.141. The zero-order valence-corrected chi connectivity index (χ0v) is 17.4. The number of nitrogens with one attached hydrogen (secondary N) is 1. The third-order valence-corrected chi connectivity index (χ3v) is 4.74. The molecule has 2 amide bonds. The molecule has 0 aliphatic carbocycles. The molecule has 2 rings (SSSR count). The van der Waals surface area contributed by atoms with Gasteiger partial charge in [-0.2, -0.15) is 0 Å². The van der Waals surface area contributed by atoms with Gasteiger partial charge in [0.05, 0.1) is 6.42 Å². The van der Waals surface area contributed by atoms with E-state index in [-0.39, 0.29) is 11.8 Å². The molecule has 0 saturated heterocycles. The van der Waals surface area contributed by atoms with Crippen molar-refractivity contribution in [1.82, 2.24) is 10.2 Å². The lowest BCUT2D eigenvalue weighted by Gasteiger charge is -2.31. The van der Waals surface area contributed by atoms with Crippen LogP contribution in [0.3, 0.4) is 0 Å². The summed E-state index contributed by atoms with van der Waals surface area (Å²) in [6, 6.07) is 17.3. The van der Waals surface area contributed by atoms with E-state index in [0.29, 0.717) is 31.8 Å². The molecular formula is C24H32N2O2. The fourth-order valence-corrected chi connectivity index (χ4v) is 3.10. The van der Waals surface area contributed by atoms with Crippen molar-refractivity contribution in [3.63, 3.8) is 0 Å². The van der Waals surface area contributed by atoms with E-state index >= 15 is 0 Å². The summed E-state index contributed by atoms with van der Waals surface area (Å²) in [4.78, 5) is 27.7. The maximum Gasteiger partial charge on any atom is 0.242 e. The Labute approximate surface area is 169 Å². The second-order valence-corrected chi connectivity index (χ2v) is 7.73. The number of nitrogens with zero attached hydrogens (tertiary/aromatic N) is 1. The van der Waals surface area contributed by atoms with Crippen LogP contribution >= 0.6 is 0 Å². The summed E-state index contributed by atoms with van der Waals surface area (Å²) in [6.07, 6.45) is 0.872. The van der Waals surface area contributed by atoms with Crippen LogP contribution in [0.15, 0.2) is 54.6 Å². The van der Waals surface area contributed by atoms with Crippen LogP contribution in [-0.4, -0.2) is 29.3 Å². The third-order valence-electron chi connectivity index (χ3n) is 4.74. The molecule has 4 heteroatoms. The number of hydrogen-bond donors (Lipinski definition) is 1. The van der Waals surface area contributed by atoms with Gasteiger partial charge in [-0.25, -0.2) is 0 Å². The molecule has 0 aromatic heterocycles. The maximum absolute atomic E-state index is 13.2. The molecule has 150 valence electrons. The van der Waals surface area contributed by atoms with Gasteiger partial charge in [-0.1, -0.05) is 80.9 Å². The van der Waals surface area contributed by atoms with E-state index in [2.05, 4.69) is 19.2 Å². The largest absolute Gasteiger partial charge is 0.354 e. The monoisotopic (exact) mass is 380 g/mol. The topological polar surface area (TPSA) is 49.4 Å².